The van der Waals surface area contributed by atoms with Crippen molar-refractivity contribution in [2.24, 2.45) is 23.7 Å². The van der Waals surface area contributed by atoms with E-state index in [1.54, 1.807) is 51.8 Å². The molecule has 16 nitrogen and oxygen atoms in total. The number of aliphatic hydroxyl groups excluding tert-OH is 2. The molecule has 5 N–H and O–H groups in total. The van der Waals surface area contributed by atoms with Gasteiger partial charge >= 0.3 is 11.8 Å². The fraction of sp³-hybridized carbons (Fsp3) is 0.583. The molecule has 1 saturated heterocycles. The normalized spacial score (nSPS) is 28.3. The molecule has 2 aromatic carbocycles. The van der Waals surface area contributed by atoms with E-state index < -0.39 is 89.6 Å². The van der Waals surface area contributed by atoms with Crippen LogP contribution in [0.15, 0.2) is 42.2 Å². The molecule has 64 heavy (non-hydrogen) atoms. The van der Waals surface area contributed by atoms with Crippen molar-refractivity contribution in [2.75, 3.05) is 38.7 Å². The number of phenols is 2. The van der Waals surface area contributed by atoms with Crippen LogP contribution in [0, 0.1) is 30.6 Å². The number of carbonyl (C=O) groups excluding carboxylic acids is 4. The number of Topliss-reactive ketones (excluding diaryl/α,β-unsaturated/α-hetero) is 1. The Morgan fingerprint density at radius 3 is 2.30 bits per heavy atom. The highest BCUT2D eigenvalue weighted by atomic mass is 16.7. The molecule has 6 rings (SSSR count). The van der Waals surface area contributed by atoms with Crippen molar-refractivity contribution in [3.05, 3.63) is 53.3 Å². The number of anilines is 1. The largest absolute Gasteiger partial charge is 0.507 e. The molecule has 5 bridgehead atoms. The molecule has 0 saturated carbocycles. The average Bonchev–Trinajstić information content (AvgIpc) is 3.54. The molecule has 0 aliphatic carbocycles. The molecule has 0 radical (unpaired) electrons. The molecule has 352 valence electrons. The summed E-state index contributed by atoms with van der Waals surface area (Å²) in [5, 5.41) is 52.7. The Balaban J connectivity index is 1.66. The standard InChI is InChI=1S/C48H67N3O13/c1-11-12-22-51(50-20-14-13-15-21-50)36(53)25-61-35-24-33-43(57)38-37(35)39-45(31(7)42(38)56)64-48(9,46(39)58)62-23-19-34(60-10)28(4)44(63-32(8)52)30(6)41(55)29(5)40(54)26(2)17-16-18-27(3)47(59)49-33/h16-19,23-24,26,28-30,34,40-41,44,54-57H,11-15,20-22,25H2,1-10H3,(H,49,59). The summed E-state index contributed by atoms with van der Waals surface area (Å²) in [6, 6.07) is 1.30. The van der Waals surface area contributed by atoms with Crippen LogP contribution >= 0.6 is 0 Å². The third kappa shape index (κ3) is 10.5. The Morgan fingerprint density at radius 2 is 1.66 bits per heavy atom. The van der Waals surface area contributed by atoms with Gasteiger partial charge in [0.05, 0.1) is 41.2 Å². The van der Waals surface area contributed by atoms with Gasteiger partial charge in [-0.3, -0.25) is 24.2 Å². The second-order valence-electron chi connectivity index (χ2n) is 17.6. The van der Waals surface area contributed by atoms with Gasteiger partial charge in [-0.15, -0.1) is 0 Å². The van der Waals surface area contributed by atoms with Crippen molar-refractivity contribution in [3.63, 3.8) is 0 Å². The fourth-order valence-electron chi connectivity index (χ4n) is 8.81. The number of unbranched alkanes of at least 4 members (excludes halogenated alkanes) is 1. The minimum atomic E-state index is -2.03. The van der Waals surface area contributed by atoms with Gasteiger partial charge in [-0.1, -0.05) is 65.7 Å². The first-order valence-corrected chi connectivity index (χ1v) is 22.3. The van der Waals surface area contributed by atoms with Gasteiger partial charge in [-0.2, -0.15) is 0 Å². The van der Waals surface area contributed by atoms with Crippen LogP contribution in [-0.2, 0) is 28.6 Å². The van der Waals surface area contributed by atoms with Crippen LogP contribution in [0.3, 0.4) is 0 Å². The number of phenolic OH excluding ortho intramolecular Hbond substituents is 2. The third-order valence-electron chi connectivity index (χ3n) is 12.9. The molecule has 4 heterocycles. The number of esters is 1. The minimum absolute atomic E-state index is 0.0489. The van der Waals surface area contributed by atoms with Crippen LogP contribution in [0.5, 0.6) is 23.0 Å². The quantitative estimate of drug-likeness (QED) is 0.135. The van der Waals surface area contributed by atoms with Crippen LogP contribution in [0.2, 0.25) is 0 Å². The number of aromatic hydroxyl groups is 2. The number of nitrogens with one attached hydrogen (secondary N) is 1. The van der Waals surface area contributed by atoms with Gasteiger partial charge < -0.3 is 49.4 Å². The Hall–Kier alpha value is -5.16. The fourth-order valence-corrected chi connectivity index (χ4v) is 8.81. The Bertz CT molecular complexity index is 2150. The van der Waals surface area contributed by atoms with E-state index in [1.165, 1.54) is 52.4 Å². The topological polar surface area (TPSA) is 214 Å². The number of amides is 2. The summed E-state index contributed by atoms with van der Waals surface area (Å²) in [4.78, 5) is 54.8. The number of ether oxygens (including phenoxy) is 5. The second-order valence-corrected chi connectivity index (χ2v) is 17.6. The first-order valence-electron chi connectivity index (χ1n) is 22.3. The summed E-state index contributed by atoms with van der Waals surface area (Å²) in [6.45, 7) is 16.1. The van der Waals surface area contributed by atoms with Gasteiger partial charge in [-0.25, -0.2) is 5.01 Å². The van der Waals surface area contributed by atoms with Crippen molar-refractivity contribution < 1.29 is 63.3 Å². The molecule has 1 fully saturated rings. The number of hydrogen-bond donors (Lipinski definition) is 5. The summed E-state index contributed by atoms with van der Waals surface area (Å²) >= 11 is 0. The van der Waals surface area contributed by atoms with Crippen molar-refractivity contribution in [1.29, 1.82) is 0 Å². The summed E-state index contributed by atoms with van der Waals surface area (Å²) in [5.74, 6) is -7.94. The number of allylic oxidation sites excluding steroid dienone is 2. The monoisotopic (exact) mass is 893 g/mol. The zero-order chi connectivity index (χ0) is 47.2. The SMILES string of the molecule is CCCCN(C(=O)COc1cc2c(O)c3c(O)c(C)c4c(c13)C(=O)C(C)(OC=CC(OC)C(C)C(OC(C)=O)C(C)C(O)C(C)C(O)C(C)C=CC=C(C)C(=O)N2)O4)N1CCCCC1. The number of hydrazine groups is 1. The molecule has 9 atom stereocenters. The Kier molecular flexibility index (Phi) is 16.5. The molecule has 9 unspecified atom stereocenters. The molecule has 0 aromatic heterocycles. The first-order chi connectivity index (χ1) is 30.3. The van der Waals surface area contributed by atoms with E-state index in [0.717, 1.165) is 32.1 Å². The zero-order valence-electron chi connectivity index (χ0n) is 38.8. The summed E-state index contributed by atoms with van der Waals surface area (Å²) in [5.41, 5.74) is 0.0250. The lowest BCUT2D eigenvalue weighted by molar-refractivity contribution is -0.160. The van der Waals surface area contributed by atoms with E-state index in [4.69, 9.17) is 23.7 Å². The lowest BCUT2D eigenvalue weighted by Crippen LogP contribution is -2.50. The molecule has 2 aromatic rings. The Labute approximate surface area is 375 Å². The minimum Gasteiger partial charge on any atom is -0.507 e. The average molecular weight is 894 g/mol. The van der Waals surface area contributed by atoms with Gasteiger partial charge in [0.2, 0.25) is 0 Å². The zero-order valence-corrected chi connectivity index (χ0v) is 38.8. The van der Waals surface area contributed by atoms with E-state index in [1.807, 2.05) is 11.9 Å². The lowest BCUT2D eigenvalue weighted by atomic mass is 9.78. The van der Waals surface area contributed by atoms with Crippen LogP contribution in [0.25, 0.3) is 10.8 Å². The number of carbonyl (C=O) groups is 4. The highest BCUT2D eigenvalue weighted by molar-refractivity contribution is 6.21. The van der Waals surface area contributed by atoms with E-state index in [-0.39, 0.29) is 50.6 Å². The van der Waals surface area contributed by atoms with Crippen molar-refractivity contribution in [1.82, 2.24) is 10.0 Å². The first kappa shape index (κ1) is 49.8. The number of rotatable bonds is 9. The number of hydrogen-bond acceptors (Lipinski definition) is 14. The van der Waals surface area contributed by atoms with Crippen molar-refractivity contribution in [2.45, 2.75) is 125 Å². The van der Waals surface area contributed by atoms with Crippen LogP contribution in [-0.4, -0.2) is 118 Å². The maximum atomic E-state index is 14.7. The maximum Gasteiger partial charge on any atom is 0.312 e. The molecular weight excluding hydrogens is 827 g/mol. The van der Waals surface area contributed by atoms with E-state index in [2.05, 4.69) is 5.32 Å². The number of fused-ring (bicyclic) bond motifs is 14. The Morgan fingerprint density at radius 1 is 0.969 bits per heavy atom. The third-order valence-corrected chi connectivity index (χ3v) is 12.9. The number of nitrogens with zero attached hydrogens (tertiary/aromatic N) is 2. The summed E-state index contributed by atoms with van der Waals surface area (Å²) in [7, 11) is 1.45. The van der Waals surface area contributed by atoms with Gasteiger partial charge in [-0.05, 0) is 39.2 Å². The van der Waals surface area contributed by atoms with Gasteiger partial charge in [0.25, 0.3) is 17.6 Å². The van der Waals surface area contributed by atoms with E-state index >= 15 is 0 Å². The molecule has 4 aliphatic heterocycles. The summed E-state index contributed by atoms with van der Waals surface area (Å²) < 4.78 is 30.1. The number of aliphatic hydroxyl groups is 2. The number of piperidine rings is 1. The number of ketones is 1. The van der Waals surface area contributed by atoms with Gasteiger partial charge in [0.15, 0.2) is 12.4 Å². The second kappa shape index (κ2) is 21.2. The number of methoxy groups -OCH3 is 1. The molecule has 16 heteroatoms. The smallest absolute Gasteiger partial charge is 0.312 e. The van der Waals surface area contributed by atoms with Gasteiger partial charge in [0, 0.05) is 86.9 Å². The molecule has 0 spiro atoms. The lowest BCUT2D eigenvalue weighted by Gasteiger charge is -2.38. The molecule has 4 aliphatic rings. The predicted molar refractivity (Wildman–Crippen MR) is 240 cm³/mol. The molecular formula is C48H67N3O13. The van der Waals surface area contributed by atoms with E-state index in [0.29, 0.717) is 19.6 Å². The number of benzene rings is 2. The highest BCUT2D eigenvalue weighted by Crippen LogP contribution is 2.54. The maximum absolute atomic E-state index is 14.7. The molecule has 2 amide bonds. The summed E-state index contributed by atoms with van der Waals surface area (Å²) in [6.07, 6.45) is 8.23. The predicted octanol–water partition coefficient (Wildman–Crippen LogP) is 6.46. The van der Waals surface area contributed by atoms with Crippen molar-refractivity contribution in [3.8, 4) is 23.0 Å². The van der Waals surface area contributed by atoms with Crippen LogP contribution in [0.4, 0.5) is 5.69 Å². The van der Waals surface area contributed by atoms with Crippen LogP contribution in [0.1, 0.15) is 103 Å². The van der Waals surface area contributed by atoms with Crippen LogP contribution < -0.4 is 14.8 Å². The van der Waals surface area contributed by atoms with Crippen molar-refractivity contribution >= 4 is 40.0 Å². The van der Waals surface area contributed by atoms with Gasteiger partial charge in [0.1, 0.15) is 23.4 Å². The van der Waals surface area contributed by atoms with E-state index in [9.17, 15) is 39.6 Å². The highest BCUT2D eigenvalue weighted by Gasteiger charge is 2.50.